The van der Waals surface area contributed by atoms with Crippen molar-refractivity contribution in [2.75, 3.05) is 20.1 Å². The van der Waals surface area contributed by atoms with Crippen molar-refractivity contribution in [3.63, 3.8) is 0 Å². The summed E-state index contributed by atoms with van der Waals surface area (Å²) in [6.45, 7) is 7.27. The van der Waals surface area contributed by atoms with Gasteiger partial charge in [-0.1, -0.05) is 0 Å². The van der Waals surface area contributed by atoms with Crippen molar-refractivity contribution < 1.29 is 8.42 Å². The second-order valence-electron chi connectivity index (χ2n) is 3.96. The van der Waals surface area contributed by atoms with Crippen LogP contribution in [0, 0.1) is 0 Å². The van der Waals surface area contributed by atoms with Gasteiger partial charge in [-0.3, -0.25) is 0 Å². The van der Waals surface area contributed by atoms with Crippen molar-refractivity contribution in [1.82, 2.24) is 9.62 Å². The third-order valence-corrected chi connectivity index (χ3v) is 2.83. The predicted octanol–water partition coefficient (Wildman–Crippen LogP) is 0.481. The van der Waals surface area contributed by atoms with E-state index in [4.69, 9.17) is 0 Å². The molecule has 0 aliphatic rings. The third kappa shape index (κ3) is 7.30. The molecular weight excluding hydrogens is 208 g/mol. The molecule has 6 heteroatoms. The molecular formula is C7H18N2O2S2. The predicted molar refractivity (Wildman–Crippen MR) is 58.3 cm³/mol. The van der Waals surface area contributed by atoms with Crippen molar-refractivity contribution in [1.29, 1.82) is 0 Å². The van der Waals surface area contributed by atoms with Crippen molar-refractivity contribution >= 4 is 20.7 Å². The monoisotopic (exact) mass is 226 g/mol. The highest BCUT2D eigenvalue weighted by Crippen LogP contribution is 2.08. The first-order valence-corrected chi connectivity index (χ1v) is 6.60. The van der Waals surface area contributed by atoms with Crippen LogP contribution >= 0.6 is 11.7 Å². The molecule has 0 bridgehead atoms. The highest BCUT2D eigenvalue weighted by molar-refractivity contribution is 8.62. The number of likely N-dealkylation sites (N-methyl/N-ethyl adjacent to an activating group) is 1. The summed E-state index contributed by atoms with van der Waals surface area (Å²) >= 11 is 3.37. The van der Waals surface area contributed by atoms with E-state index < -0.39 is 9.06 Å². The van der Waals surface area contributed by atoms with E-state index in [0.717, 1.165) is 0 Å². The van der Waals surface area contributed by atoms with Gasteiger partial charge in [-0.2, -0.15) is 0 Å². The minimum absolute atomic E-state index is 0.0576. The standard InChI is InChI=1S/C7H18N2O2S2/c1-7(2,3)9(4)6-5-8-13(10,11)12/h8H,5-6H2,1-4H3,(H,10,11,12). The normalized spacial score (nSPS) is 13.7. The van der Waals surface area contributed by atoms with Gasteiger partial charge in [0.1, 0.15) is 0 Å². The van der Waals surface area contributed by atoms with Crippen molar-refractivity contribution in [3.8, 4) is 0 Å². The van der Waals surface area contributed by atoms with Crippen LogP contribution in [-0.2, 0) is 9.06 Å². The maximum absolute atomic E-state index is 10.6. The Morgan fingerprint density at radius 2 is 1.85 bits per heavy atom. The maximum atomic E-state index is 10.6. The SMILES string of the molecule is CN(CCNS(=O)(=O)S)C(C)(C)C. The average Bonchev–Trinajstić information content (AvgIpc) is 1.82. The fourth-order valence-electron chi connectivity index (χ4n) is 0.678. The van der Waals surface area contributed by atoms with Gasteiger partial charge in [0.25, 0.3) is 9.06 Å². The Kier molecular flexibility index (Phi) is 4.71. The van der Waals surface area contributed by atoms with Gasteiger partial charge in [0.05, 0.1) is 0 Å². The molecule has 0 amide bonds. The Bertz CT molecular complexity index is 244. The first-order valence-electron chi connectivity index (χ1n) is 4.06. The smallest absolute Gasteiger partial charge is 0.262 e. The van der Waals surface area contributed by atoms with Gasteiger partial charge in [0.2, 0.25) is 0 Å². The molecule has 0 aromatic carbocycles. The molecule has 4 nitrogen and oxygen atoms in total. The Labute approximate surface area is 85.6 Å². The van der Waals surface area contributed by atoms with Crippen LogP contribution in [0.4, 0.5) is 0 Å². The average molecular weight is 226 g/mol. The molecule has 0 aliphatic carbocycles. The van der Waals surface area contributed by atoms with Crippen LogP contribution in [0.5, 0.6) is 0 Å². The Morgan fingerprint density at radius 3 is 2.15 bits per heavy atom. The number of rotatable bonds is 4. The molecule has 0 saturated heterocycles. The largest absolute Gasteiger partial charge is 0.300 e. The van der Waals surface area contributed by atoms with E-state index >= 15 is 0 Å². The summed E-state index contributed by atoms with van der Waals surface area (Å²) in [5.41, 5.74) is 0.0576. The molecule has 0 saturated carbocycles. The maximum Gasteiger partial charge on any atom is 0.262 e. The zero-order valence-corrected chi connectivity index (χ0v) is 10.2. The molecule has 1 N–H and O–H groups in total. The molecule has 0 spiro atoms. The van der Waals surface area contributed by atoms with E-state index in [2.05, 4.69) is 42.1 Å². The lowest BCUT2D eigenvalue weighted by Crippen LogP contribution is -2.42. The lowest BCUT2D eigenvalue weighted by molar-refractivity contribution is 0.179. The molecule has 13 heavy (non-hydrogen) atoms. The van der Waals surface area contributed by atoms with Crippen LogP contribution in [0.15, 0.2) is 0 Å². The summed E-state index contributed by atoms with van der Waals surface area (Å²) in [7, 11) is -1.40. The highest BCUT2D eigenvalue weighted by atomic mass is 33.1. The molecule has 0 radical (unpaired) electrons. The summed E-state index contributed by atoms with van der Waals surface area (Å²) in [6, 6.07) is 0. The summed E-state index contributed by atoms with van der Waals surface area (Å²) in [6.07, 6.45) is 0. The molecule has 0 aromatic rings. The minimum atomic E-state index is -3.35. The first-order chi connectivity index (χ1) is 5.63. The fraction of sp³-hybridized carbons (Fsp3) is 1.00. The van der Waals surface area contributed by atoms with Crippen molar-refractivity contribution in [3.05, 3.63) is 0 Å². The molecule has 80 valence electrons. The summed E-state index contributed by atoms with van der Waals surface area (Å²) in [5, 5.41) is 0. The molecule has 0 aliphatic heterocycles. The van der Waals surface area contributed by atoms with Gasteiger partial charge in [0, 0.05) is 18.6 Å². The number of nitrogens with zero attached hydrogens (tertiary/aromatic N) is 1. The summed E-state index contributed by atoms with van der Waals surface area (Å²) in [5.74, 6) is 0. The highest BCUT2D eigenvalue weighted by Gasteiger charge is 2.16. The summed E-state index contributed by atoms with van der Waals surface area (Å²) in [4.78, 5) is 2.07. The lowest BCUT2D eigenvalue weighted by atomic mass is 10.1. The molecule has 0 unspecified atom stereocenters. The quantitative estimate of drug-likeness (QED) is 0.541. The number of hydrogen-bond acceptors (Lipinski definition) is 3. The fourth-order valence-corrected chi connectivity index (χ4v) is 1.30. The van der Waals surface area contributed by atoms with Gasteiger partial charge < -0.3 is 4.90 Å². The molecule has 0 aromatic heterocycles. The third-order valence-electron chi connectivity index (χ3n) is 1.88. The van der Waals surface area contributed by atoms with E-state index in [1.807, 2.05) is 7.05 Å². The van der Waals surface area contributed by atoms with E-state index in [9.17, 15) is 8.42 Å². The van der Waals surface area contributed by atoms with Gasteiger partial charge in [-0.15, -0.1) is 0 Å². The molecule has 0 rings (SSSR count). The number of thiol groups is 1. The zero-order chi connectivity index (χ0) is 10.7. The van der Waals surface area contributed by atoms with Gasteiger partial charge >= 0.3 is 0 Å². The van der Waals surface area contributed by atoms with E-state index in [0.29, 0.717) is 13.1 Å². The van der Waals surface area contributed by atoms with Gasteiger partial charge in [-0.25, -0.2) is 13.1 Å². The van der Waals surface area contributed by atoms with Crippen LogP contribution < -0.4 is 4.72 Å². The van der Waals surface area contributed by atoms with Crippen LogP contribution in [0.3, 0.4) is 0 Å². The van der Waals surface area contributed by atoms with Crippen LogP contribution in [0.1, 0.15) is 20.8 Å². The van der Waals surface area contributed by atoms with Crippen molar-refractivity contribution in [2.24, 2.45) is 0 Å². The van der Waals surface area contributed by atoms with Crippen LogP contribution in [0.2, 0.25) is 0 Å². The van der Waals surface area contributed by atoms with Gasteiger partial charge in [0.15, 0.2) is 0 Å². The Hall–Kier alpha value is 0.220. The van der Waals surface area contributed by atoms with Crippen molar-refractivity contribution in [2.45, 2.75) is 26.3 Å². The zero-order valence-electron chi connectivity index (χ0n) is 8.53. The summed E-state index contributed by atoms with van der Waals surface area (Å²) < 4.78 is 23.5. The Balaban J connectivity index is 3.80. The number of nitrogens with one attached hydrogen (secondary N) is 1. The topological polar surface area (TPSA) is 49.4 Å². The molecule has 0 heterocycles. The molecule has 0 atom stereocenters. The number of hydrogen-bond donors (Lipinski definition) is 2. The Morgan fingerprint density at radius 1 is 1.38 bits per heavy atom. The second-order valence-corrected chi connectivity index (χ2v) is 6.64. The van der Waals surface area contributed by atoms with E-state index in [1.165, 1.54) is 0 Å². The van der Waals surface area contributed by atoms with Crippen LogP contribution in [0.25, 0.3) is 0 Å². The minimum Gasteiger partial charge on any atom is -0.300 e. The second kappa shape index (κ2) is 4.63. The lowest BCUT2D eigenvalue weighted by Gasteiger charge is -2.31. The molecule has 0 fully saturated rings. The van der Waals surface area contributed by atoms with E-state index in [1.54, 1.807) is 0 Å². The van der Waals surface area contributed by atoms with Gasteiger partial charge in [-0.05, 0) is 39.5 Å². The van der Waals surface area contributed by atoms with Crippen LogP contribution in [-0.4, -0.2) is 39.0 Å². The van der Waals surface area contributed by atoms with E-state index in [-0.39, 0.29) is 5.54 Å². The first kappa shape index (κ1) is 13.2.